The van der Waals surface area contributed by atoms with Crippen LogP contribution in [0.3, 0.4) is 0 Å². The molecule has 1 fully saturated rings. The van der Waals surface area contributed by atoms with Crippen molar-refractivity contribution < 1.29 is 32.5 Å². The number of hydrogen-bond donors (Lipinski definition) is 1. The summed E-state index contributed by atoms with van der Waals surface area (Å²) < 4.78 is 47.0. The third kappa shape index (κ3) is 6.79. The highest BCUT2D eigenvalue weighted by atomic mass is 19.4. The second-order valence-corrected chi connectivity index (χ2v) is 8.91. The SMILES string of the molecule is Cc1cc(-c2cccc(CO)c2)ccc1OC1CCN(C(=O)Cc2ccc(OC(F)(F)F)cc2)CC1. The predicted octanol–water partition coefficient (Wildman–Crippen LogP) is 5.67. The maximum Gasteiger partial charge on any atom is 0.573 e. The number of rotatable bonds is 7. The van der Waals surface area contributed by atoms with Gasteiger partial charge < -0.3 is 19.5 Å². The molecule has 0 spiro atoms. The quantitative estimate of drug-likeness (QED) is 0.456. The second-order valence-electron chi connectivity index (χ2n) is 8.91. The van der Waals surface area contributed by atoms with E-state index < -0.39 is 6.36 Å². The molecule has 1 aliphatic rings. The summed E-state index contributed by atoms with van der Waals surface area (Å²) in [5.41, 5.74) is 4.59. The smallest absolute Gasteiger partial charge is 0.490 e. The molecular weight excluding hydrogens is 471 g/mol. The largest absolute Gasteiger partial charge is 0.573 e. The Morgan fingerprint density at radius 2 is 1.67 bits per heavy atom. The Morgan fingerprint density at radius 3 is 2.31 bits per heavy atom. The zero-order valence-electron chi connectivity index (χ0n) is 19.9. The third-order valence-electron chi connectivity index (χ3n) is 6.22. The fraction of sp³-hybridized carbons (Fsp3) is 0.321. The number of aliphatic hydroxyl groups excluding tert-OH is 1. The van der Waals surface area contributed by atoms with Crippen LogP contribution in [-0.4, -0.2) is 41.5 Å². The number of aryl methyl sites for hydroxylation is 1. The first kappa shape index (κ1) is 25.6. The van der Waals surface area contributed by atoms with Crippen LogP contribution in [-0.2, 0) is 17.8 Å². The summed E-state index contributed by atoms with van der Waals surface area (Å²) in [6.45, 7) is 3.12. The first-order valence-electron chi connectivity index (χ1n) is 11.8. The number of hydrogen-bond acceptors (Lipinski definition) is 4. The van der Waals surface area contributed by atoms with Crippen LogP contribution in [0.1, 0.15) is 29.5 Å². The summed E-state index contributed by atoms with van der Waals surface area (Å²) >= 11 is 0. The summed E-state index contributed by atoms with van der Waals surface area (Å²) in [7, 11) is 0. The molecule has 5 nitrogen and oxygen atoms in total. The molecule has 1 aliphatic heterocycles. The van der Waals surface area contributed by atoms with E-state index in [0.29, 0.717) is 31.5 Å². The average Bonchev–Trinajstić information content (AvgIpc) is 2.86. The van der Waals surface area contributed by atoms with Crippen molar-refractivity contribution in [1.82, 2.24) is 4.90 Å². The number of aliphatic hydroxyl groups is 1. The fourth-order valence-electron chi connectivity index (χ4n) is 4.31. The number of benzene rings is 3. The van der Waals surface area contributed by atoms with Gasteiger partial charge in [-0.05, 0) is 65.1 Å². The molecule has 0 unspecified atom stereocenters. The molecule has 0 atom stereocenters. The lowest BCUT2D eigenvalue weighted by Crippen LogP contribution is -2.42. The van der Waals surface area contributed by atoms with E-state index in [4.69, 9.17) is 4.74 Å². The molecule has 190 valence electrons. The fourth-order valence-corrected chi connectivity index (χ4v) is 4.31. The maximum absolute atomic E-state index is 12.7. The standard InChI is InChI=1S/C28H28F3NO4/c1-19-15-23(22-4-2-3-21(16-22)18-33)7-10-26(19)35-24-11-13-32(14-12-24)27(34)17-20-5-8-25(9-6-20)36-28(29,30)31/h2-10,15-16,24,33H,11-14,17-18H2,1H3. The van der Waals surface area contributed by atoms with Crippen molar-refractivity contribution in [3.05, 3.63) is 83.4 Å². The number of carbonyl (C=O) groups is 1. The van der Waals surface area contributed by atoms with Crippen LogP contribution in [0.25, 0.3) is 11.1 Å². The molecule has 4 rings (SSSR count). The zero-order valence-corrected chi connectivity index (χ0v) is 19.9. The zero-order chi connectivity index (χ0) is 25.7. The average molecular weight is 500 g/mol. The van der Waals surface area contributed by atoms with Crippen LogP contribution < -0.4 is 9.47 Å². The van der Waals surface area contributed by atoms with E-state index in [-0.39, 0.29) is 30.8 Å². The van der Waals surface area contributed by atoms with E-state index in [2.05, 4.69) is 10.8 Å². The molecule has 1 amide bonds. The second kappa shape index (κ2) is 11.0. The number of likely N-dealkylation sites (tertiary alicyclic amines) is 1. The van der Waals surface area contributed by atoms with Gasteiger partial charge in [0.15, 0.2) is 0 Å². The molecule has 8 heteroatoms. The molecule has 0 aromatic heterocycles. The number of alkyl halides is 3. The summed E-state index contributed by atoms with van der Waals surface area (Å²) in [4.78, 5) is 14.4. The lowest BCUT2D eigenvalue weighted by molar-refractivity contribution is -0.274. The minimum Gasteiger partial charge on any atom is -0.490 e. The highest BCUT2D eigenvalue weighted by Crippen LogP contribution is 2.29. The van der Waals surface area contributed by atoms with Gasteiger partial charge in [-0.1, -0.05) is 36.4 Å². The molecule has 1 heterocycles. The molecule has 3 aromatic rings. The van der Waals surface area contributed by atoms with E-state index in [9.17, 15) is 23.1 Å². The lowest BCUT2D eigenvalue weighted by Gasteiger charge is -2.32. The van der Waals surface area contributed by atoms with Crippen molar-refractivity contribution in [3.63, 3.8) is 0 Å². The molecule has 0 radical (unpaired) electrons. The van der Waals surface area contributed by atoms with E-state index >= 15 is 0 Å². The van der Waals surface area contributed by atoms with Gasteiger partial charge in [0.25, 0.3) is 0 Å². The third-order valence-corrected chi connectivity index (χ3v) is 6.22. The Labute approximate surface area is 208 Å². The van der Waals surface area contributed by atoms with Gasteiger partial charge >= 0.3 is 6.36 Å². The van der Waals surface area contributed by atoms with Crippen molar-refractivity contribution >= 4 is 5.91 Å². The minimum absolute atomic E-state index is 0.00157. The van der Waals surface area contributed by atoms with Gasteiger partial charge in [0.1, 0.15) is 17.6 Å². The van der Waals surface area contributed by atoms with E-state index in [1.54, 1.807) is 4.90 Å². The van der Waals surface area contributed by atoms with Gasteiger partial charge in [-0.15, -0.1) is 13.2 Å². The van der Waals surface area contributed by atoms with Crippen LogP contribution in [0.2, 0.25) is 0 Å². The van der Waals surface area contributed by atoms with Gasteiger partial charge in [-0.3, -0.25) is 4.79 Å². The Hall–Kier alpha value is -3.52. The molecular formula is C28H28F3NO4. The summed E-state index contributed by atoms with van der Waals surface area (Å²) in [6.07, 6.45) is -3.23. The Balaban J connectivity index is 1.28. The Kier molecular flexibility index (Phi) is 7.84. The molecule has 36 heavy (non-hydrogen) atoms. The van der Waals surface area contributed by atoms with Crippen molar-refractivity contribution in [2.24, 2.45) is 0 Å². The Morgan fingerprint density at radius 1 is 0.972 bits per heavy atom. The topological polar surface area (TPSA) is 59.0 Å². The van der Waals surface area contributed by atoms with Gasteiger partial charge in [0.2, 0.25) is 5.91 Å². The van der Waals surface area contributed by atoms with Crippen LogP contribution in [0, 0.1) is 6.92 Å². The monoisotopic (exact) mass is 499 g/mol. The van der Waals surface area contributed by atoms with Crippen LogP contribution >= 0.6 is 0 Å². The van der Waals surface area contributed by atoms with Crippen molar-refractivity contribution in [1.29, 1.82) is 0 Å². The molecule has 0 saturated carbocycles. The van der Waals surface area contributed by atoms with Crippen LogP contribution in [0.4, 0.5) is 13.2 Å². The first-order valence-corrected chi connectivity index (χ1v) is 11.8. The van der Waals surface area contributed by atoms with E-state index in [1.165, 1.54) is 24.3 Å². The Bertz CT molecular complexity index is 1190. The summed E-state index contributed by atoms with van der Waals surface area (Å²) in [5, 5.41) is 9.38. The number of ether oxygens (including phenoxy) is 2. The van der Waals surface area contributed by atoms with Crippen LogP contribution in [0.15, 0.2) is 66.7 Å². The first-order chi connectivity index (χ1) is 17.2. The van der Waals surface area contributed by atoms with Crippen molar-refractivity contribution in [2.45, 2.75) is 45.3 Å². The number of halogens is 3. The van der Waals surface area contributed by atoms with Crippen LogP contribution in [0.5, 0.6) is 11.5 Å². The molecule has 3 aromatic carbocycles. The van der Waals surface area contributed by atoms with Gasteiger partial charge in [0, 0.05) is 25.9 Å². The van der Waals surface area contributed by atoms with Gasteiger partial charge in [-0.25, -0.2) is 0 Å². The van der Waals surface area contributed by atoms with Crippen molar-refractivity contribution in [2.75, 3.05) is 13.1 Å². The lowest BCUT2D eigenvalue weighted by atomic mass is 10.0. The predicted molar refractivity (Wildman–Crippen MR) is 130 cm³/mol. The normalized spacial score (nSPS) is 14.5. The highest BCUT2D eigenvalue weighted by molar-refractivity contribution is 5.79. The molecule has 0 aliphatic carbocycles. The van der Waals surface area contributed by atoms with E-state index in [0.717, 1.165) is 28.0 Å². The molecule has 1 N–H and O–H groups in total. The minimum atomic E-state index is -4.74. The number of piperidine rings is 1. The highest BCUT2D eigenvalue weighted by Gasteiger charge is 2.31. The number of carbonyl (C=O) groups excluding carboxylic acids is 1. The van der Waals surface area contributed by atoms with Gasteiger partial charge in [0.05, 0.1) is 13.0 Å². The summed E-state index contributed by atoms with van der Waals surface area (Å²) in [5.74, 6) is 0.435. The summed E-state index contributed by atoms with van der Waals surface area (Å²) in [6, 6.07) is 19.2. The van der Waals surface area contributed by atoms with Crippen molar-refractivity contribution in [3.8, 4) is 22.6 Å². The number of amides is 1. The van der Waals surface area contributed by atoms with E-state index in [1.807, 2.05) is 43.3 Å². The molecule has 1 saturated heterocycles. The van der Waals surface area contributed by atoms with Gasteiger partial charge in [-0.2, -0.15) is 0 Å². The maximum atomic E-state index is 12.7. The molecule has 0 bridgehead atoms. The number of nitrogens with zero attached hydrogens (tertiary/aromatic N) is 1.